The van der Waals surface area contributed by atoms with Crippen molar-refractivity contribution in [3.05, 3.63) is 45.7 Å². The zero-order valence-corrected chi connectivity index (χ0v) is 12.9. The Morgan fingerprint density at radius 3 is 2.85 bits per heavy atom. The van der Waals surface area contributed by atoms with E-state index in [9.17, 15) is 4.79 Å². The zero-order valence-electron chi connectivity index (χ0n) is 11.4. The second kappa shape index (κ2) is 6.09. The van der Waals surface area contributed by atoms with Crippen LogP contribution in [0.4, 0.5) is 5.69 Å². The number of benzene rings is 1. The molecule has 1 heterocycles. The highest BCUT2D eigenvalue weighted by Crippen LogP contribution is 2.21. The number of aryl methyl sites for hydroxylation is 2. The maximum Gasteiger partial charge on any atom is 0.335 e. The largest absolute Gasteiger partial charge is 0.478 e. The molecule has 0 aliphatic carbocycles. The first-order chi connectivity index (χ1) is 9.49. The minimum atomic E-state index is -0.940. The van der Waals surface area contributed by atoms with Crippen molar-refractivity contribution in [3.8, 4) is 0 Å². The van der Waals surface area contributed by atoms with Crippen molar-refractivity contribution in [2.75, 3.05) is 5.32 Å². The van der Waals surface area contributed by atoms with Gasteiger partial charge < -0.3 is 10.4 Å². The molecule has 1 aromatic heterocycles. The van der Waals surface area contributed by atoms with Crippen molar-refractivity contribution in [1.82, 2.24) is 9.78 Å². The molecule has 2 N–H and O–H groups in total. The summed E-state index contributed by atoms with van der Waals surface area (Å²) in [6.45, 7) is 2.68. The molecule has 0 saturated carbocycles. The van der Waals surface area contributed by atoms with Crippen molar-refractivity contribution in [3.63, 3.8) is 0 Å². The minimum absolute atomic E-state index is 0.253. The van der Waals surface area contributed by atoms with E-state index in [1.165, 1.54) is 0 Å². The average Bonchev–Trinajstić information content (AvgIpc) is 2.76. The number of carboxylic acids is 1. The van der Waals surface area contributed by atoms with Crippen molar-refractivity contribution in [2.24, 2.45) is 7.05 Å². The molecule has 0 aliphatic rings. The summed E-state index contributed by atoms with van der Waals surface area (Å²) in [4.78, 5) is 11.0. The summed E-state index contributed by atoms with van der Waals surface area (Å²) < 4.78 is 2.53. The molecule has 0 radical (unpaired) electrons. The monoisotopic (exact) mass is 337 g/mol. The van der Waals surface area contributed by atoms with Gasteiger partial charge in [0.1, 0.15) is 0 Å². The highest BCUT2D eigenvalue weighted by molar-refractivity contribution is 9.10. The molecule has 2 aromatic rings. The van der Waals surface area contributed by atoms with E-state index in [0.717, 1.165) is 27.8 Å². The van der Waals surface area contributed by atoms with Crippen LogP contribution in [0.25, 0.3) is 0 Å². The Hall–Kier alpha value is -1.82. The lowest BCUT2D eigenvalue weighted by Gasteiger charge is -2.08. The number of halogens is 1. The van der Waals surface area contributed by atoms with E-state index in [4.69, 9.17) is 5.11 Å². The predicted octanol–water partition coefficient (Wildman–Crippen LogP) is 3.06. The summed E-state index contributed by atoms with van der Waals surface area (Å²) in [6.07, 6.45) is 2.85. The average molecular weight is 338 g/mol. The standard InChI is InChI=1S/C14H16BrN3O2/c1-3-13-10(8-18(2)17-13)7-16-12-5-9(14(19)20)4-11(15)6-12/h4-6,8,16H,3,7H2,1-2H3,(H,19,20). The Bertz CT molecular complexity index is 637. The number of carboxylic acid groups (broad SMARTS) is 1. The van der Waals surface area contributed by atoms with Crippen molar-refractivity contribution >= 4 is 27.6 Å². The van der Waals surface area contributed by atoms with Gasteiger partial charge in [0, 0.05) is 35.5 Å². The van der Waals surface area contributed by atoms with E-state index in [1.54, 1.807) is 16.8 Å². The van der Waals surface area contributed by atoms with Crippen LogP contribution in [0.3, 0.4) is 0 Å². The molecule has 0 atom stereocenters. The van der Waals surface area contributed by atoms with Gasteiger partial charge in [-0.1, -0.05) is 22.9 Å². The number of anilines is 1. The second-order valence-corrected chi connectivity index (χ2v) is 5.43. The van der Waals surface area contributed by atoms with Crippen molar-refractivity contribution in [1.29, 1.82) is 0 Å². The van der Waals surface area contributed by atoms with E-state index in [1.807, 2.05) is 19.3 Å². The molecule has 0 amide bonds. The Kier molecular flexibility index (Phi) is 4.44. The quantitative estimate of drug-likeness (QED) is 0.879. The lowest BCUT2D eigenvalue weighted by atomic mass is 10.2. The first-order valence-electron chi connectivity index (χ1n) is 6.28. The van der Waals surface area contributed by atoms with Gasteiger partial charge >= 0.3 is 5.97 Å². The summed E-state index contributed by atoms with van der Waals surface area (Å²) in [6, 6.07) is 5.05. The number of carbonyl (C=O) groups is 1. The molecule has 5 nitrogen and oxygen atoms in total. The number of aromatic nitrogens is 2. The van der Waals surface area contributed by atoms with Gasteiger partial charge in [-0.3, -0.25) is 4.68 Å². The molecule has 0 unspecified atom stereocenters. The lowest BCUT2D eigenvalue weighted by molar-refractivity contribution is 0.0697. The zero-order chi connectivity index (χ0) is 14.7. The van der Waals surface area contributed by atoms with Crippen LogP contribution in [-0.2, 0) is 20.0 Å². The fourth-order valence-corrected chi connectivity index (χ4v) is 2.53. The highest BCUT2D eigenvalue weighted by atomic mass is 79.9. The number of rotatable bonds is 5. The first kappa shape index (κ1) is 14.6. The summed E-state index contributed by atoms with van der Waals surface area (Å²) >= 11 is 3.32. The smallest absolute Gasteiger partial charge is 0.335 e. The third-order valence-electron chi connectivity index (χ3n) is 2.95. The van der Waals surface area contributed by atoms with E-state index in [-0.39, 0.29) is 5.56 Å². The molecule has 0 spiro atoms. The molecule has 0 bridgehead atoms. The SMILES string of the molecule is CCc1nn(C)cc1CNc1cc(Br)cc(C(=O)O)c1. The van der Waals surface area contributed by atoms with Gasteiger partial charge in [0.2, 0.25) is 0 Å². The topological polar surface area (TPSA) is 67.2 Å². The van der Waals surface area contributed by atoms with Crippen LogP contribution < -0.4 is 5.32 Å². The fourth-order valence-electron chi connectivity index (χ4n) is 2.04. The van der Waals surface area contributed by atoms with Crippen LogP contribution in [0, 0.1) is 0 Å². The third kappa shape index (κ3) is 3.39. The number of nitrogens with one attached hydrogen (secondary N) is 1. The third-order valence-corrected chi connectivity index (χ3v) is 3.41. The molecular weight excluding hydrogens is 322 g/mol. The number of aromatic carboxylic acids is 1. The number of nitrogens with zero attached hydrogens (tertiary/aromatic N) is 2. The Labute approximate surface area is 125 Å². The Morgan fingerprint density at radius 2 is 2.20 bits per heavy atom. The molecule has 2 rings (SSSR count). The summed E-state index contributed by atoms with van der Waals surface area (Å²) in [5, 5.41) is 16.7. The van der Waals surface area contributed by atoms with Gasteiger partial charge in [-0.15, -0.1) is 0 Å². The molecule has 0 aliphatic heterocycles. The normalized spacial score (nSPS) is 10.6. The van der Waals surface area contributed by atoms with Crippen LogP contribution >= 0.6 is 15.9 Å². The lowest BCUT2D eigenvalue weighted by Crippen LogP contribution is -2.03. The maximum absolute atomic E-state index is 11.0. The van der Waals surface area contributed by atoms with Crippen LogP contribution in [0.15, 0.2) is 28.9 Å². The summed E-state index contributed by atoms with van der Waals surface area (Å²) in [7, 11) is 1.89. The Balaban J connectivity index is 2.16. The van der Waals surface area contributed by atoms with E-state index in [0.29, 0.717) is 6.54 Å². The van der Waals surface area contributed by atoms with Gasteiger partial charge in [0.05, 0.1) is 11.3 Å². The molecule has 0 saturated heterocycles. The second-order valence-electron chi connectivity index (χ2n) is 4.52. The van der Waals surface area contributed by atoms with Crippen molar-refractivity contribution in [2.45, 2.75) is 19.9 Å². The molecular formula is C14H16BrN3O2. The Morgan fingerprint density at radius 1 is 1.45 bits per heavy atom. The van der Waals surface area contributed by atoms with Crippen LogP contribution in [0.1, 0.15) is 28.5 Å². The van der Waals surface area contributed by atoms with E-state index < -0.39 is 5.97 Å². The van der Waals surface area contributed by atoms with Gasteiger partial charge in [0.25, 0.3) is 0 Å². The van der Waals surface area contributed by atoms with Crippen LogP contribution in [0.2, 0.25) is 0 Å². The predicted molar refractivity (Wildman–Crippen MR) is 81.0 cm³/mol. The molecule has 0 fully saturated rings. The number of hydrogen-bond acceptors (Lipinski definition) is 3. The van der Waals surface area contributed by atoms with Crippen molar-refractivity contribution < 1.29 is 9.90 Å². The molecule has 1 aromatic carbocycles. The fraction of sp³-hybridized carbons (Fsp3) is 0.286. The van der Waals surface area contributed by atoms with E-state index >= 15 is 0 Å². The molecule has 6 heteroatoms. The van der Waals surface area contributed by atoms with Gasteiger partial charge in [-0.05, 0) is 24.6 Å². The molecule has 106 valence electrons. The summed E-state index contributed by atoms with van der Waals surface area (Å²) in [5.41, 5.74) is 3.19. The summed E-state index contributed by atoms with van der Waals surface area (Å²) in [5.74, 6) is -0.940. The van der Waals surface area contributed by atoms with E-state index in [2.05, 4.69) is 33.3 Å². The maximum atomic E-state index is 11.0. The number of hydrogen-bond donors (Lipinski definition) is 2. The van der Waals surface area contributed by atoms with Gasteiger partial charge in [-0.25, -0.2) is 4.79 Å². The first-order valence-corrected chi connectivity index (χ1v) is 7.08. The van der Waals surface area contributed by atoms with Crippen LogP contribution in [0.5, 0.6) is 0 Å². The van der Waals surface area contributed by atoms with Crippen LogP contribution in [-0.4, -0.2) is 20.9 Å². The highest BCUT2D eigenvalue weighted by Gasteiger charge is 2.08. The minimum Gasteiger partial charge on any atom is -0.478 e. The van der Waals surface area contributed by atoms with Gasteiger partial charge in [-0.2, -0.15) is 5.10 Å². The molecule has 20 heavy (non-hydrogen) atoms. The van der Waals surface area contributed by atoms with Gasteiger partial charge in [0.15, 0.2) is 0 Å².